The quantitative estimate of drug-likeness (QED) is 0.471. The molecule has 0 saturated heterocycles. The van der Waals surface area contributed by atoms with Gasteiger partial charge in [-0.2, -0.15) is 0 Å². The highest BCUT2D eigenvalue weighted by Gasteiger charge is 2.16. The minimum Gasteiger partial charge on any atom is -0.497 e. The molecule has 6 heteroatoms. The summed E-state index contributed by atoms with van der Waals surface area (Å²) in [5, 5.41) is 4.31. The molecule has 2 aromatic rings. The zero-order chi connectivity index (χ0) is 18.1. The van der Waals surface area contributed by atoms with Crippen molar-refractivity contribution in [1.82, 2.24) is 5.32 Å². The standard InChI is InChI=1S/C19H17NO4S/c1-3-10-20-18(21)13-24-19(22)16(17-5-4-11-25-17)12-14-6-8-15(23-2)9-7-14/h1,4-9,11-12H,10,13H2,2H3,(H,20,21)/b16-12+. The van der Waals surface area contributed by atoms with E-state index in [1.807, 2.05) is 29.6 Å². The summed E-state index contributed by atoms with van der Waals surface area (Å²) >= 11 is 1.41. The minimum atomic E-state index is -0.575. The second-order valence-electron chi connectivity index (χ2n) is 4.87. The van der Waals surface area contributed by atoms with Crippen LogP contribution in [0.2, 0.25) is 0 Å². The molecule has 0 fully saturated rings. The van der Waals surface area contributed by atoms with Gasteiger partial charge in [0.15, 0.2) is 6.61 Å². The van der Waals surface area contributed by atoms with E-state index in [-0.39, 0.29) is 13.2 Å². The Bertz CT molecular complexity index is 786. The van der Waals surface area contributed by atoms with E-state index in [4.69, 9.17) is 15.9 Å². The molecule has 0 saturated carbocycles. The first-order valence-corrected chi connectivity index (χ1v) is 8.29. The summed E-state index contributed by atoms with van der Waals surface area (Å²) < 4.78 is 10.2. The van der Waals surface area contributed by atoms with Crippen molar-refractivity contribution in [2.75, 3.05) is 20.3 Å². The molecule has 2 rings (SSSR count). The summed E-state index contributed by atoms with van der Waals surface area (Å²) in [5.74, 6) is 1.99. The third-order valence-electron chi connectivity index (χ3n) is 3.16. The maximum absolute atomic E-state index is 12.4. The highest BCUT2D eigenvalue weighted by molar-refractivity contribution is 7.11. The number of nitrogens with one attached hydrogen (secondary N) is 1. The van der Waals surface area contributed by atoms with Gasteiger partial charge in [-0.3, -0.25) is 4.79 Å². The monoisotopic (exact) mass is 355 g/mol. The molecule has 0 atom stereocenters. The largest absolute Gasteiger partial charge is 0.497 e. The van der Waals surface area contributed by atoms with Crippen LogP contribution < -0.4 is 10.1 Å². The van der Waals surface area contributed by atoms with Gasteiger partial charge in [-0.1, -0.05) is 24.1 Å². The Morgan fingerprint density at radius 2 is 2.04 bits per heavy atom. The molecule has 0 aliphatic rings. The molecule has 0 spiro atoms. The Morgan fingerprint density at radius 1 is 1.28 bits per heavy atom. The van der Waals surface area contributed by atoms with Crippen LogP contribution in [0.4, 0.5) is 0 Å². The smallest absolute Gasteiger partial charge is 0.340 e. The Kier molecular flexibility index (Phi) is 6.81. The molecule has 128 valence electrons. The van der Waals surface area contributed by atoms with Gasteiger partial charge in [-0.25, -0.2) is 4.79 Å². The Balaban J connectivity index is 2.15. The van der Waals surface area contributed by atoms with Crippen molar-refractivity contribution in [1.29, 1.82) is 0 Å². The molecule has 1 aromatic heterocycles. The Labute approximate surface area is 150 Å². The number of carbonyl (C=O) groups is 2. The average molecular weight is 355 g/mol. The van der Waals surface area contributed by atoms with Gasteiger partial charge >= 0.3 is 5.97 Å². The van der Waals surface area contributed by atoms with Crippen LogP contribution in [0.3, 0.4) is 0 Å². The zero-order valence-corrected chi connectivity index (χ0v) is 14.5. The molecule has 1 amide bonds. The maximum Gasteiger partial charge on any atom is 0.340 e. The molecule has 0 radical (unpaired) electrons. The summed E-state index contributed by atoms with van der Waals surface area (Å²) in [6, 6.07) is 10.9. The van der Waals surface area contributed by atoms with Gasteiger partial charge in [0.25, 0.3) is 5.91 Å². The summed E-state index contributed by atoms with van der Waals surface area (Å²) in [6.07, 6.45) is 6.78. The summed E-state index contributed by atoms with van der Waals surface area (Å²) in [4.78, 5) is 24.7. The number of thiophene rings is 1. The summed E-state index contributed by atoms with van der Waals surface area (Å²) in [5.41, 5.74) is 1.20. The van der Waals surface area contributed by atoms with Gasteiger partial charge in [0.2, 0.25) is 0 Å². The van der Waals surface area contributed by atoms with Gasteiger partial charge in [0.05, 0.1) is 19.2 Å². The number of esters is 1. The number of rotatable bonds is 7. The van der Waals surface area contributed by atoms with Crippen LogP contribution in [-0.4, -0.2) is 32.1 Å². The average Bonchev–Trinajstić information content (AvgIpc) is 3.17. The molecular weight excluding hydrogens is 338 g/mol. The van der Waals surface area contributed by atoms with Crippen molar-refractivity contribution in [3.05, 3.63) is 52.2 Å². The fourth-order valence-electron chi connectivity index (χ4n) is 1.94. The van der Waals surface area contributed by atoms with E-state index < -0.39 is 11.9 Å². The van der Waals surface area contributed by atoms with Gasteiger partial charge in [0, 0.05) is 4.88 Å². The van der Waals surface area contributed by atoms with Gasteiger partial charge in [0.1, 0.15) is 5.75 Å². The number of ether oxygens (including phenoxy) is 2. The fourth-order valence-corrected chi connectivity index (χ4v) is 2.67. The number of benzene rings is 1. The van der Waals surface area contributed by atoms with Crippen LogP contribution in [0, 0.1) is 12.3 Å². The van der Waals surface area contributed by atoms with E-state index in [1.165, 1.54) is 11.3 Å². The lowest BCUT2D eigenvalue weighted by Crippen LogP contribution is -2.29. The number of hydrogen-bond acceptors (Lipinski definition) is 5. The van der Waals surface area contributed by atoms with Crippen LogP contribution in [0.5, 0.6) is 5.75 Å². The number of amides is 1. The van der Waals surface area contributed by atoms with Crippen LogP contribution >= 0.6 is 11.3 Å². The second kappa shape index (κ2) is 9.30. The maximum atomic E-state index is 12.4. The molecule has 1 aromatic carbocycles. The SMILES string of the molecule is C#CCNC(=O)COC(=O)/C(=C/c1ccc(OC)cc1)c1cccs1. The normalized spacial score (nSPS) is 10.6. The third-order valence-corrected chi connectivity index (χ3v) is 4.06. The third kappa shape index (κ3) is 5.52. The van der Waals surface area contributed by atoms with Crippen LogP contribution in [0.15, 0.2) is 41.8 Å². The highest BCUT2D eigenvalue weighted by Crippen LogP contribution is 2.25. The van der Waals surface area contributed by atoms with Crippen molar-refractivity contribution >= 4 is 34.9 Å². The van der Waals surface area contributed by atoms with E-state index in [2.05, 4.69) is 11.2 Å². The molecule has 0 aliphatic carbocycles. The fraction of sp³-hybridized carbons (Fsp3) is 0.158. The molecule has 0 aliphatic heterocycles. The summed E-state index contributed by atoms with van der Waals surface area (Å²) in [7, 11) is 1.59. The second-order valence-corrected chi connectivity index (χ2v) is 5.81. The van der Waals surface area contributed by atoms with Gasteiger partial charge < -0.3 is 14.8 Å². The molecule has 1 N–H and O–H groups in total. The first-order chi connectivity index (χ1) is 12.1. The topological polar surface area (TPSA) is 64.6 Å². The van der Waals surface area contributed by atoms with Gasteiger partial charge in [-0.15, -0.1) is 17.8 Å². The number of terminal acetylenes is 1. The van der Waals surface area contributed by atoms with Crippen LogP contribution in [0.25, 0.3) is 11.6 Å². The molecule has 0 unspecified atom stereocenters. The highest BCUT2D eigenvalue weighted by atomic mass is 32.1. The van der Waals surface area contributed by atoms with E-state index in [0.717, 1.165) is 16.2 Å². The molecule has 25 heavy (non-hydrogen) atoms. The van der Waals surface area contributed by atoms with Crippen molar-refractivity contribution < 1.29 is 19.1 Å². The molecular formula is C19H17NO4S. The van der Waals surface area contributed by atoms with E-state index >= 15 is 0 Å². The van der Waals surface area contributed by atoms with E-state index in [0.29, 0.717) is 5.57 Å². The lowest BCUT2D eigenvalue weighted by Gasteiger charge is -2.08. The van der Waals surface area contributed by atoms with Crippen molar-refractivity contribution in [2.45, 2.75) is 0 Å². The van der Waals surface area contributed by atoms with E-state index in [9.17, 15) is 9.59 Å². The van der Waals surface area contributed by atoms with Crippen molar-refractivity contribution in [2.24, 2.45) is 0 Å². The molecule has 1 heterocycles. The first kappa shape index (κ1) is 18.3. The predicted octanol–water partition coefficient (Wildman–Crippen LogP) is 2.59. The Morgan fingerprint density at radius 3 is 2.64 bits per heavy atom. The van der Waals surface area contributed by atoms with E-state index in [1.54, 1.807) is 25.3 Å². The summed E-state index contributed by atoms with van der Waals surface area (Å²) in [6.45, 7) is -0.290. The number of carbonyl (C=O) groups excluding carboxylic acids is 2. The predicted molar refractivity (Wildman–Crippen MR) is 98.0 cm³/mol. The first-order valence-electron chi connectivity index (χ1n) is 7.41. The molecule has 0 bridgehead atoms. The zero-order valence-electron chi connectivity index (χ0n) is 13.7. The van der Waals surface area contributed by atoms with Crippen LogP contribution in [0.1, 0.15) is 10.4 Å². The van der Waals surface area contributed by atoms with Crippen molar-refractivity contribution in [3.63, 3.8) is 0 Å². The number of hydrogen-bond donors (Lipinski definition) is 1. The molecule has 5 nitrogen and oxygen atoms in total. The number of methoxy groups -OCH3 is 1. The van der Waals surface area contributed by atoms with Crippen LogP contribution in [-0.2, 0) is 14.3 Å². The Hall–Kier alpha value is -3.04. The van der Waals surface area contributed by atoms with Crippen molar-refractivity contribution in [3.8, 4) is 18.1 Å². The van der Waals surface area contributed by atoms with Gasteiger partial charge in [-0.05, 0) is 35.2 Å². The lowest BCUT2D eigenvalue weighted by atomic mass is 10.1. The minimum absolute atomic E-state index is 0.0931. The lowest BCUT2D eigenvalue weighted by molar-refractivity contribution is -0.142.